The molecule has 0 saturated heterocycles. The van der Waals surface area contributed by atoms with E-state index in [4.69, 9.17) is 21.8 Å². The molecular formula is C11H9ClO7. The van der Waals surface area contributed by atoms with E-state index < -0.39 is 29.4 Å². The first kappa shape index (κ1) is 15.1. The van der Waals surface area contributed by atoms with Crippen molar-refractivity contribution in [3.63, 3.8) is 0 Å². The average molecular weight is 289 g/mol. The van der Waals surface area contributed by atoms with E-state index in [1.807, 2.05) is 0 Å². The summed E-state index contributed by atoms with van der Waals surface area (Å²) in [4.78, 5) is 33.4. The molecule has 19 heavy (non-hydrogen) atoms. The Morgan fingerprint density at radius 1 is 1.21 bits per heavy atom. The first-order valence-electron chi connectivity index (χ1n) is 4.88. The zero-order valence-corrected chi connectivity index (χ0v) is 10.0. The van der Waals surface area contributed by atoms with Crippen LogP contribution in [0.15, 0.2) is 24.3 Å². The van der Waals surface area contributed by atoms with Crippen LogP contribution < -0.4 is 0 Å². The maximum Gasteiger partial charge on any atom is 0.347 e. The van der Waals surface area contributed by atoms with Crippen LogP contribution >= 0.6 is 11.6 Å². The molecule has 2 atom stereocenters. The molecule has 7 nitrogen and oxygen atoms in total. The average Bonchev–Trinajstić information content (AvgIpc) is 2.35. The number of hydrogen-bond donors (Lipinski definition) is 4. The highest BCUT2D eigenvalue weighted by Gasteiger charge is 2.54. The molecule has 0 aliphatic rings. The van der Waals surface area contributed by atoms with Gasteiger partial charge in [-0.15, -0.1) is 0 Å². The van der Waals surface area contributed by atoms with Crippen molar-refractivity contribution in [3.05, 3.63) is 34.9 Å². The highest BCUT2D eigenvalue weighted by atomic mass is 35.5. The number of hydrogen-bond acceptors (Lipinski definition) is 5. The molecular weight excluding hydrogens is 280 g/mol. The number of Topliss-reactive ketones (excluding diaryl/α,β-unsaturated/α-hetero) is 1. The molecule has 0 amide bonds. The largest absolute Gasteiger partial charge is 0.479 e. The second-order valence-corrected chi connectivity index (χ2v) is 4.09. The van der Waals surface area contributed by atoms with Gasteiger partial charge < -0.3 is 20.4 Å². The SMILES string of the molecule is O=C(O)C(O)C(O)(C(=O)O)C(=O)c1cccc(Cl)c1. The molecule has 0 spiro atoms. The summed E-state index contributed by atoms with van der Waals surface area (Å²) >= 11 is 5.60. The fraction of sp³-hybridized carbons (Fsp3) is 0.182. The van der Waals surface area contributed by atoms with Gasteiger partial charge in [0.2, 0.25) is 5.78 Å². The monoisotopic (exact) mass is 288 g/mol. The van der Waals surface area contributed by atoms with E-state index in [1.165, 1.54) is 12.1 Å². The van der Waals surface area contributed by atoms with Crippen molar-refractivity contribution in [2.24, 2.45) is 0 Å². The van der Waals surface area contributed by atoms with Crippen LogP contribution in [0.1, 0.15) is 10.4 Å². The molecule has 0 aliphatic carbocycles. The van der Waals surface area contributed by atoms with Crippen molar-refractivity contribution < 1.29 is 34.8 Å². The minimum absolute atomic E-state index is 0.0865. The molecule has 1 rings (SSSR count). The molecule has 0 saturated carbocycles. The van der Waals surface area contributed by atoms with Crippen LogP contribution in [0, 0.1) is 0 Å². The molecule has 0 radical (unpaired) electrons. The lowest BCUT2D eigenvalue weighted by Gasteiger charge is -2.24. The maximum atomic E-state index is 11.9. The number of carbonyl (C=O) groups is 3. The highest BCUT2D eigenvalue weighted by molar-refractivity contribution is 6.31. The van der Waals surface area contributed by atoms with E-state index in [0.29, 0.717) is 0 Å². The summed E-state index contributed by atoms with van der Waals surface area (Å²) in [6, 6.07) is 4.89. The Hall–Kier alpha value is -1.96. The number of carboxylic acid groups (broad SMARTS) is 2. The molecule has 4 N–H and O–H groups in total. The van der Waals surface area contributed by atoms with Crippen molar-refractivity contribution in [1.29, 1.82) is 0 Å². The number of aliphatic carboxylic acids is 2. The Morgan fingerprint density at radius 3 is 2.21 bits per heavy atom. The number of benzene rings is 1. The number of carbonyl (C=O) groups excluding carboxylic acids is 1. The number of aliphatic hydroxyl groups excluding tert-OH is 1. The molecule has 0 aromatic heterocycles. The van der Waals surface area contributed by atoms with Gasteiger partial charge in [0.25, 0.3) is 5.60 Å². The molecule has 8 heteroatoms. The van der Waals surface area contributed by atoms with E-state index in [2.05, 4.69) is 0 Å². The molecule has 0 aliphatic heterocycles. The maximum absolute atomic E-state index is 11.9. The summed E-state index contributed by atoms with van der Waals surface area (Å²) in [6.07, 6.45) is -2.81. The zero-order valence-electron chi connectivity index (χ0n) is 9.28. The Bertz CT molecular complexity index is 542. The third kappa shape index (κ3) is 2.73. The summed E-state index contributed by atoms with van der Waals surface area (Å²) in [5, 5.41) is 36.4. The third-order valence-corrected chi connectivity index (χ3v) is 2.62. The topological polar surface area (TPSA) is 132 Å². The summed E-state index contributed by atoms with van der Waals surface area (Å²) in [5.74, 6) is -5.69. The first-order valence-corrected chi connectivity index (χ1v) is 5.26. The predicted octanol–water partition coefficient (Wildman–Crippen LogP) is -0.216. The van der Waals surface area contributed by atoms with Gasteiger partial charge in [0.1, 0.15) is 0 Å². The number of halogens is 1. The van der Waals surface area contributed by atoms with Gasteiger partial charge in [0.15, 0.2) is 6.10 Å². The van der Waals surface area contributed by atoms with Crippen molar-refractivity contribution in [3.8, 4) is 0 Å². The lowest BCUT2D eigenvalue weighted by molar-refractivity contribution is -0.175. The Morgan fingerprint density at radius 2 is 1.79 bits per heavy atom. The minimum Gasteiger partial charge on any atom is -0.479 e. The van der Waals surface area contributed by atoms with Crippen LogP contribution in [0.4, 0.5) is 0 Å². The standard InChI is InChI=1S/C11H9ClO7/c12-6-3-1-2-5(4-6)7(13)11(19,10(17)18)8(14)9(15)16/h1-4,8,14,19H,(H,15,16)(H,17,18). The Kier molecular flexibility index (Phi) is 4.25. The fourth-order valence-electron chi connectivity index (χ4n) is 1.37. The van der Waals surface area contributed by atoms with E-state index in [9.17, 15) is 24.6 Å². The minimum atomic E-state index is -3.49. The van der Waals surface area contributed by atoms with Crippen LogP contribution in [0.2, 0.25) is 5.02 Å². The van der Waals surface area contributed by atoms with Gasteiger partial charge in [0, 0.05) is 10.6 Å². The number of carboxylic acids is 2. The predicted molar refractivity (Wildman–Crippen MR) is 62.0 cm³/mol. The highest BCUT2D eigenvalue weighted by Crippen LogP contribution is 2.21. The quantitative estimate of drug-likeness (QED) is 0.435. The van der Waals surface area contributed by atoms with Crippen molar-refractivity contribution in [1.82, 2.24) is 0 Å². The van der Waals surface area contributed by atoms with Gasteiger partial charge in [-0.1, -0.05) is 23.7 Å². The van der Waals surface area contributed by atoms with Gasteiger partial charge in [-0.05, 0) is 12.1 Å². The lowest BCUT2D eigenvalue weighted by Crippen LogP contribution is -2.58. The van der Waals surface area contributed by atoms with Gasteiger partial charge in [-0.25, -0.2) is 9.59 Å². The second-order valence-electron chi connectivity index (χ2n) is 3.65. The molecule has 0 heterocycles. The van der Waals surface area contributed by atoms with E-state index in [-0.39, 0.29) is 10.6 Å². The lowest BCUT2D eigenvalue weighted by atomic mass is 9.87. The van der Waals surface area contributed by atoms with E-state index in [1.54, 1.807) is 0 Å². The summed E-state index contributed by atoms with van der Waals surface area (Å²) in [5.41, 5.74) is -3.83. The van der Waals surface area contributed by atoms with Crippen molar-refractivity contribution >= 4 is 29.3 Å². The van der Waals surface area contributed by atoms with E-state index >= 15 is 0 Å². The van der Waals surface area contributed by atoms with Crippen molar-refractivity contribution in [2.45, 2.75) is 11.7 Å². The molecule has 0 fully saturated rings. The third-order valence-electron chi connectivity index (χ3n) is 2.39. The van der Waals surface area contributed by atoms with Crippen LogP contribution in [0.5, 0.6) is 0 Å². The van der Waals surface area contributed by atoms with E-state index in [0.717, 1.165) is 12.1 Å². The molecule has 2 unspecified atom stereocenters. The molecule has 102 valence electrons. The number of rotatable bonds is 5. The van der Waals surface area contributed by atoms with Crippen molar-refractivity contribution in [2.75, 3.05) is 0 Å². The smallest absolute Gasteiger partial charge is 0.347 e. The number of ketones is 1. The summed E-state index contributed by atoms with van der Waals surface area (Å²) in [7, 11) is 0. The van der Waals surface area contributed by atoms with Gasteiger partial charge in [-0.2, -0.15) is 0 Å². The molecule has 1 aromatic carbocycles. The van der Waals surface area contributed by atoms with Crippen LogP contribution in [-0.4, -0.2) is 49.9 Å². The van der Waals surface area contributed by atoms with Gasteiger partial charge in [-0.3, -0.25) is 4.79 Å². The Balaban J connectivity index is 3.31. The van der Waals surface area contributed by atoms with Crippen LogP contribution in [0.3, 0.4) is 0 Å². The van der Waals surface area contributed by atoms with Gasteiger partial charge >= 0.3 is 11.9 Å². The number of aliphatic hydroxyl groups is 2. The summed E-state index contributed by atoms with van der Waals surface area (Å²) in [6.45, 7) is 0. The normalized spacial score (nSPS) is 15.3. The van der Waals surface area contributed by atoms with Crippen LogP contribution in [-0.2, 0) is 9.59 Å². The Labute approximate surface area is 111 Å². The second kappa shape index (κ2) is 5.35. The fourth-order valence-corrected chi connectivity index (χ4v) is 1.56. The summed E-state index contributed by atoms with van der Waals surface area (Å²) < 4.78 is 0. The van der Waals surface area contributed by atoms with Crippen LogP contribution in [0.25, 0.3) is 0 Å². The zero-order chi connectivity index (χ0) is 14.8. The first-order chi connectivity index (χ1) is 8.71. The van der Waals surface area contributed by atoms with Gasteiger partial charge in [0.05, 0.1) is 0 Å². The molecule has 1 aromatic rings. The molecule has 0 bridgehead atoms.